The van der Waals surface area contributed by atoms with Crippen LogP contribution in [0.25, 0.3) is 21.9 Å². The fourth-order valence-corrected chi connectivity index (χ4v) is 6.72. The van der Waals surface area contributed by atoms with E-state index in [0.717, 1.165) is 73.2 Å². The van der Waals surface area contributed by atoms with Gasteiger partial charge in [-0.25, -0.2) is 9.97 Å². The number of ether oxygens (including phenoxy) is 8. The molecular formula is C44H71N7O11. The molecule has 0 radical (unpaired) electrons. The molecule has 1 fully saturated rings. The van der Waals surface area contributed by atoms with Gasteiger partial charge in [0.15, 0.2) is 5.82 Å². The lowest BCUT2D eigenvalue weighted by molar-refractivity contribution is -0.135. The van der Waals surface area contributed by atoms with Crippen molar-refractivity contribution >= 4 is 45.4 Å². The summed E-state index contributed by atoms with van der Waals surface area (Å²) in [6.45, 7) is 15.8. The first-order valence-corrected chi connectivity index (χ1v) is 22.3. The summed E-state index contributed by atoms with van der Waals surface area (Å²) < 4.78 is 46.0. The fourth-order valence-electron chi connectivity index (χ4n) is 6.72. The largest absolute Gasteiger partial charge is 0.382 e. The molecule has 0 saturated carbocycles. The highest BCUT2D eigenvalue weighted by Crippen LogP contribution is 2.29. The Balaban J connectivity index is 0.909. The third-order valence-electron chi connectivity index (χ3n) is 10.1. The van der Waals surface area contributed by atoms with Gasteiger partial charge in [-0.15, -0.1) is 0 Å². The van der Waals surface area contributed by atoms with Crippen LogP contribution in [0.4, 0.5) is 5.82 Å². The average molecular weight is 874 g/mol. The molecule has 348 valence electrons. The molecule has 18 heteroatoms. The van der Waals surface area contributed by atoms with E-state index in [2.05, 4.69) is 32.8 Å². The third-order valence-corrected chi connectivity index (χ3v) is 10.1. The Morgan fingerprint density at radius 3 is 1.74 bits per heavy atom. The van der Waals surface area contributed by atoms with Crippen LogP contribution in [0.15, 0.2) is 24.3 Å². The number of aryl methyl sites for hydroxylation is 1. The smallest absolute Gasteiger partial charge is 0.223 e. The van der Waals surface area contributed by atoms with Crippen LogP contribution in [0.3, 0.4) is 0 Å². The van der Waals surface area contributed by atoms with E-state index < -0.39 is 0 Å². The van der Waals surface area contributed by atoms with Gasteiger partial charge in [0.1, 0.15) is 17.1 Å². The maximum atomic E-state index is 12.9. The zero-order valence-corrected chi connectivity index (χ0v) is 37.1. The predicted octanol–water partition coefficient (Wildman–Crippen LogP) is 2.66. The average Bonchev–Trinajstić information content (AvgIpc) is 3.65. The van der Waals surface area contributed by atoms with Crippen molar-refractivity contribution < 1.29 is 52.3 Å². The summed E-state index contributed by atoms with van der Waals surface area (Å²) in [6, 6.07) is 8.08. The van der Waals surface area contributed by atoms with Crippen LogP contribution in [0.2, 0.25) is 0 Å². The second kappa shape index (κ2) is 31.1. The molecule has 1 aliphatic heterocycles. The number of pyridine rings is 1. The molecule has 3 heterocycles. The summed E-state index contributed by atoms with van der Waals surface area (Å²) in [5, 5.41) is 3.89. The van der Waals surface area contributed by atoms with Crippen molar-refractivity contribution in [3.8, 4) is 0 Å². The molecule has 2 amide bonds. The number of fused-ring (bicyclic) bond motifs is 3. The number of anilines is 1. The third kappa shape index (κ3) is 19.7. The highest BCUT2D eigenvalue weighted by molar-refractivity contribution is 6.06. The summed E-state index contributed by atoms with van der Waals surface area (Å²) >= 11 is 0. The molecular weight excluding hydrogens is 803 g/mol. The van der Waals surface area contributed by atoms with E-state index in [0.29, 0.717) is 138 Å². The van der Waals surface area contributed by atoms with Crippen molar-refractivity contribution in [1.29, 1.82) is 0 Å². The number of Topliss-reactive ketones (excluding diaryl/α,β-unsaturated/α-hetero) is 1. The molecule has 4 rings (SSSR count). The molecule has 0 spiro atoms. The Kier molecular flexibility index (Phi) is 25.5. The summed E-state index contributed by atoms with van der Waals surface area (Å²) in [5.41, 5.74) is 9.05. The lowest BCUT2D eigenvalue weighted by Gasteiger charge is -2.35. The number of amides is 2. The Morgan fingerprint density at radius 2 is 1.19 bits per heavy atom. The monoisotopic (exact) mass is 874 g/mol. The molecule has 3 aromatic rings. The number of nitrogens with two attached hydrogens (primary N) is 1. The number of hydrogen-bond donors (Lipinski definition) is 2. The Morgan fingerprint density at radius 1 is 0.661 bits per heavy atom. The van der Waals surface area contributed by atoms with Crippen molar-refractivity contribution in [3.05, 3.63) is 30.1 Å². The quantitative estimate of drug-likeness (QED) is 0.0808. The number of para-hydroxylation sites is 1. The van der Waals surface area contributed by atoms with Gasteiger partial charge >= 0.3 is 0 Å². The van der Waals surface area contributed by atoms with Crippen molar-refractivity contribution in [2.24, 2.45) is 0 Å². The van der Waals surface area contributed by atoms with Crippen LogP contribution in [-0.2, 0) is 65.2 Å². The minimum Gasteiger partial charge on any atom is -0.382 e. The number of hydrogen-bond acceptors (Lipinski definition) is 15. The number of nitrogen functional groups attached to an aromatic ring is 1. The first-order valence-electron chi connectivity index (χ1n) is 22.3. The normalized spacial score (nSPS) is 13.4. The first-order chi connectivity index (χ1) is 30.4. The Bertz CT molecular complexity index is 1720. The van der Waals surface area contributed by atoms with Gasteiger partial charge in [0.25, 0.3) is 0 Å². The van der Waals surface area contributed by atoms with Crippen LogP contribution in [-0.4, -0.2) is 187 Å². The van der Waals surface area contributed by atoms with E-state index in [1.54, 1.807) is 6.92 Å². The summed E-state index contributed by atoms with van der Waals surface area (Å²) in [5.74, 6) is 1.46. The van der Waals surface area contributed by atoms with Crippen molar-refractivity contribution in [1.82, 2.24) is 29.7 Å². The minimum absolute atomic E-state index is 0.00566. The number of carbonyl (C=O) groups is 3. The SMILES string of the molecule is CCCCc1nc2c(N)nc3ccccc3c2n1CCN1CCN(C(=O)CCC(=O)NCCOCCOCCOCCOCCOCCOCCOCCOCCC(C)=O)CC1. The maximum absolute atomic E-state index is 12.9. The predicted molar refractivity (Wildman–Crippen MR) is 235 cm³/mol. The molecule has 0 atom stereocenters. The van der Waals surface area contributed by atoms with Gasteiger partial charge < -0.3 is 58.4 Å². The van der Waals surface area contributed by atoms with Crippen LogP contribution >= 0.6 is 0 Å². The lowest BCUT2D eigenvalue weighted by Crippen LogP contribution is -2.49. The molecule has 2 aromatic heterocycles. The van der Waals surface area contributed by atoms with Gasteiger partial charge in [0, 0.05) is 76.9 Å². The highest BCUT2D eigenvalue weighted by Gasteiger charge is 2.23. The Labute approximate surface area is 366 Å². The summed E-state index contributed by atoms with van der Waals surface area (Å²) in [7, 11) is 0. The molecule has 1 aliphatic rings. The molecule has 3 N–H and O–H groups in total. The number of nitrogens with zero attached hydrogens (tertiary/aromatic N) is 5. The zero-order chi connectivity index (χ0) is 44.0. The molecule has 1 aromatic carbocycles. The summed E-state index contributed by atoms with van der Waals surface area (Å²) in [6.07, 6.45) is 3.78. The van der Waals surface area contributed by atoms with Gasteiger partial charge in [0.2, 0.25) is 11.8 Å². The summed E-state index contributed by atoms with van der Waals surface area (Å²) in [4.78, 5) is 49.9. The van der Waals surface area contributed by atoms with Crippen molar-refractivity contribution in [2.45, 2.75) is 58.9 Å². The molecule has 1 saturated heterocycles. The fraction of sp³-hybridized carbons (Fsp3) is 0.705. The van der Waals surface area contributed by atoms with Crippen LogP contribution in [0, 0.1) is 0 Å². The van der Waals surface area contributed by atoms with E-state index in [9.17, 15) is 14.4 Å². The van der Waals surface area contributed by atoms with Gasteiger partial charge in [-0.3, -0.25) is 19.3 Å². The van der Waals surface area contributed by atoms with Crippen LogP contribution < -0.4 is 11.1 Å². The Hall–Kier alpha value is -3.85. The number of imidazole rings is 1. The number of benzene rings is 1. The van der Waals surface area contributed by atoms with Crippen LogP contribution in [0.1, 0.15) is 51.8 Å². The molecule has 0 aliphatic carbocycles. The number of piperazine rings is 1. The lowest BCUT2D eigenvalue weighted by atomic mass is 10.2. The zero-order valence-electron chi connectivity index (χ0n) is 37.1. The molecule has 0 unspecified atom stereocenters. The second-order valence-corrected chi connectivity index (χ2v) is 14.9. The number of aromatic nitrogens is 3. The van der Waals surface area contributed by atoms with E-state index in [-0.39, 0.29) is 30.4 Å². The number of carbonyl (C=O) groups excluding carboxylic acids is 3. The van der Waals surface area contributed by atoms with Gasteiger partial charge in [-0.2, -0.15) is 0 Å². The standard InChI is InChI=1S/C44H71N7O11/c1-3-4-9-39-48-42-43(37-7-5-6-8-38(37)47-44(42)45)51(39)19-16-49-14-17-50(18-15-49)41(54)11-10-40(53)46-13-21-56-23-25-58-27-29-60-31-33-62-35-34-61-32-30-59-28-26-57-24-22-55-20-12-36(2)52/h5-8H,3-4,9-35H2,1-2H3,(H2,45,47)(H,46,53). The topological polar surface area (TPSA) is 200 Å². The van der Waals surface area contributed by atoms with E-state index >= 15 is 0 Å². The number of nitrogens with one attached hydrogen (secondary N) is 1. The second-order valence-electron chi connectivity index (χ2n) is 14.9. The minimum atomic E-state index is -0.161. The van der Waals surface area contributed by atoms with Crippen LogP contribution in [0.5, 0.6) is 0 Å². The maximum Gasteiger partial charge on any atom is 0.223 e. The number of ketones is 1. The van der Waals surface area contributed by atoms with Crippen molar-refractivity contribution in [3.63, 3.8) is 0 Å². The first kappa shape index (κ1) is 50.8. The van der Waals surface area contributed by atoms with Gasteiger partial charge in [-0.1, -0.05) is 31.5 Å². The molecule has 18 nitrogen and oxygen atoms in total. The molecule has 0 bridgehead atoms. The van der Waals surface area contributed by atoms with Gasteiger partial charge in [0.05, 0.1) is 117 Å². The highest BCUT2D eigenvalue weighted by atomic mass is 16.6. The number of rotatable bonds is 36. The number of unbranched alkanes of at least 4 members (excludes halogenated alkanes) is 1. The van der Waals surface area contributed by atoms with E-state index in [4.69, 9.17) is 48.6 Å². The van der Waals surface area contributed by atoms with E-state index in [1.807, 2.05) is 23.1 Å². The molecule has 62 heavy (non-hydrogen) atoms. The van der Waals surface area contributed by atoms with Gasteiger partial charge in [-0.05, 0) is 19.4 Å². The van der Waals surface area contributed by atoms with E-state index in [1.165, 1.54) is 0 Å². The van der Waals surface area contributed by atoms with Crippen molar-refractivity contribution in [2.75, 3.05) is 151 Å².